The van der Waals surface area contributed by atoms with Crippen molar-refractivity contribution in [1.29, 1.82) is 0 Å². The minimum atomic E-state index is -0.486. The molecule has 2 atom stereocenters. The third kappa shape index (κ3) is 3.02. The highest BCUT2D eigenvalue weighted by atomic mass is 16.5. The quantitative estimate of drug-likeness (QED) is 0.909. The van der Waals surface area contributed by atoms with Gasteiger partial charge in [0.15, 0.2) is 0 Å². The molecule has 0 saturated carbocycles. The van der Waals surface area contributed by atoms with Gasteiger partial charge in [0, 0.05) is 12.5 Å². The highest BCUT2D eigenvalue weighted by Gasteiger charge is 2.53. The van der Waals surface area contributed by atoms with Gasteiger partial charge in [-0.15, -0.1) is 0 Å². The molecule has 108 valence electrons. The van der Waals surface area contributed by atoms with Gasteiger partial charge in [0.05, 0.1) is 30.1 Å². The van der Waals surface area contributed by atoms with Crippen molar-refractivity contribution in [3.8, 4) is 0 Å². The van der Waals surface area contributed by atoms with Crippen molar-refractivity contribution in [3.05, 3.63) is 24.2 Å². The molecule has 19 heavy (non-hydrogen) atoms. The van der Waals surface area contributed by atoms with E-state index in [1.54, 1.807) is 6.26 Å². The van der Waals surface area contributed by atoms with Crippen molar-refractivity contribution in [2.75, 3.05) is 13.6 Å². The molecule has 0 radical (unpaired) electrons. The number of aliphatic hydroxyl groups excluding tert-OH is 1. The lowest BCUT2D eigenvalue weighted by Crippen LogP contribution is -2.42. The molecule has 2 unspecified atom stereocenters. The molecule has 0 aliphatic carbocycles. The van der Waals surface area contributed by atoms with Crippen LogP contribution in [0.25, 0.3) is 0 Å². The first kappa shape index (κ1) is 14.6. The Bertz CT molecular complexity index is 411. The number of rotatable bonds is 4. The summed E-state index contributed by atoms with van der Waals surface area (Å²) in [5, 5.41) is 10.5. The number of hydrogen-bond donors (Lipinski definition) is 1. The van der Waals surface area contributed by atoms with Gasteiger partial charge in [-0.05, 0) is 46.9 Å². The molecule has 1 aliphatic rings. The Morgan fingerprint density at radius 2 is 1.95 bits per heavy atom. The molecule has 0 amide bonds. The topological polar surface area (TPSA) is 45.8 Å². The fraction of sp³-hybridized carbons (Fsp3) is 0.733. The lowest BCUT2D eigenvalue weighted by atomic mass is 9.84. The van der Waals surface area contributed by atoms with E-state index in [0.717, 1.165) is 18.8 Å². The van der Waals surface area contributed by atoms with Gasteiger partial charge in [-0.2, -0.15) is 0 Å². The highest BCUT2D eigenvalue weighted by molar-refractivity contribution is 5.03. The first-order chi connectivity index (χ1) is 8.72. The van der Waals surface area contributed by atoms with Gasteiger partial charge in [0.25, 0.3) is 0 Å². The second kappa shape index (κ2) is 4.93. The third-order valence-corrected chi connectivity index (χ3v) is 4.03. The fourth-order valence-electron chi connectivity index (χ4n) is 3.07. The van der Waals surface area contributed by atoms with Crippen molar-refractivity contribution >= 4 is 0 Å². The molecule has 0 aromatic carbocycles. The predicted octanol–water partition coefficient (Wildman–Crippen LogP) is 2.28. The number of ether oxygens (including phenoxy) is 1. The van der Waals surface area contributed by atoms with Crippen LogP contribution in [0, 0.1) is 5.92 Å². The van der Waals surface area contributed by atoms with E-state index in [4.69, 9.17) is 9.15 Å². The molecule has 1 aliphatic heterocycles. The maximum absolute atomic E-state index is 10.5. The Morgan fingerprint density at radius 3 is 2.42 bits per heavy atom. The summed E-state index contributed by atoms with van der Waals surface area (Å²) in [6, 6.07) is 3.86. The van der Waals surface area contributed by atoms with Crippen LogP contribution in [0.1, 0.15) is 33.5 Å². The van der Waals surface area contributed by atoms with Crippen LogP contribution in [0.2, 0.25) is 0 Å². The number of furan rings is 1. The third-order valence-electron chi connectivity index (χ3n) is 4.03. The summed E-state index contributed by atoms with van der Waals surface area (Å²) in [6.07, 6.45) is 1.23. The minimum Gasteiger partial charge on any atom is -0.468 e. The Morgan fingerprint density at radius 1 is 1.26 bits per heavy atom. The van der Waals surface area contributed by atoms with Gasteiger partial charge in [0.1, 0.15) is 5.76 Å². The highest BCUT2D eigenvalue weighted by Crippen LogP contribution is 2.42. The fourth-order valence-corrected chi connectivity index (χ4v) is 3.07. The average molecular weight is 267 g/mol. The van der Waals surface area contributed by atoms with E-state index in [2.05, 4.69) is 18.7 Å². The van der Waals surface area contributed by atoms with E-state index in [1.807, 2.05) is 33.0 Å². The Labute approximate surface area is 115 Å². The van der Waals surface area contributed by atoms with Crippen LogP contribution in [-0.4, -0.2) is 40.9 Å². The predicted molar refractivity (Wildman–Crippen MR) is 73.8 cm³/mol. The van der Waals surface area contributed by atoms with Crippen LogP contribution < -0.4 is 0 Å². The second-order valence-corrected chi connectivity index (χ2v) is 6.64. The summed E-state index contributed by atoms with van der Waals surface area (Å²) in [6.45, 7) is 9.52. The van der Waals surface area contributed by atoms with Crippen molar-refractivity contribution in [2.45, 2.75) is 51.5 Å². The molecule has 0 spiro atoms. The molecule has 1 aromatic rings. The van der Waals surface area contributed by atoms with Crippen molar-refractivity contribution in [1.82, 2.24) is 4.90 Å². The zero-order valence-corrected chi connectivity index (χ0v) is 12.5. The molecule has 2 heterocycles. The smallest absolute Gasteiger partial charge is 0.117 e. The summed E-state index contributed by atoms with van der Waals surface area (Å²) < 4.78 is 11.3. The SMILES string of the molecule is CN(Cc1ccco1)CC1C(O)C(C)(C)OC1(C)C. The van der Waals surface area contributed by atoms with Gasteiger partial charge in [-0.3, -0.25) is 4.90 Å². The zero-order valence-electron chi connectivity index (χ0n) is 12.5. The Hall–Kier alpha value is -0.840. The molecule has 1 aromatic heterocycles. The second-order valence-electron chi connectivity index (χ2n) is 6.64. The number of hydrogen-bond acceptors (Lipinski definition) is 4. The Balaban J connectivity index is 2.01. The van der Waals surface area contributed by atoms with Gasteiger partial charge in [-0.25, -0.2) is 0 Å². The summed E-state index contributed by atoms with van der Waals surface area (Å²) in [5.74, 6) is 1.02. The van der Waals surface area contributed by atoms with E-state index < -0.39 is 11.7 Å². The van der Waals surface area contributed by atoms with Crippen LogP contribution >= 0.6 is 0 Å². The summed E-state index contributed by atoms with van der Waals surface area (Å²) in [4.78, 5) is 2.17. The van der Waals surface area contributed by atoms with E-state index in [1.165, 1.54) is 0 Å². The normalized spacial score (nSPS) is 29.0. The lowest BCUT2D eigenvalue weighted by Gasteiger charge is -2.30. The van der Waals surface area contributed by atoms with Crippen molar-refractivity contribution in [3.63, 3.8) is 0 Å². The monoisotopic (exact) mass is 267 g/mol. The van der Waals surface area contributed by atoms with E-state index in [0.29, 0.717) is 0 Å². The summed E-state index contributed by atoms with van der Waals surface area (Å²) >= 11 is 0. The van der Waals surface area contributed by atoms with Crippen LogP contribution in [-0.2, 0) is 11.3 Å². The van der Waals surface area contributed by atoms with Crippen LogP contribution in [0.4, 0.5) is 0 Å². The van der Waals surface area contributed by atoms with Gasteiger partial charge in [0.2, 0.25) is 0 Å². The standard InChI is InChI=1S/C15H25NO3/c1-14(2)12(13(17)15(3,4)19-14)10-16(5)9-11-7-6-8-18-11/h6-8,12-13,17H,9-10H2,1-5H3. The molecule has 1 N–H and O–H groups in total. The van der Waals surface area contributed by atoms with Gasteiger partial charge >= 0.3 is 0 Å². The number of nitrogens with zero attached hydrogens (tertiary/aromatic N) is 1. The van der Waals surface area contributed by atoms with Crippen molar-refractivity contribution in [2.24, 2.45) is 5.92 Å². The molecule has 1 fully saturated rings. The zero-order chi connectivity index (χ0) is 14.3. The van der Waals surface area contributed by atoms with E-state index in [9.17, 15) is 5.11 Å². The minimum absolute atomic E-state index is 0.0856. The molecule has 4 heteroatoms. The van der Waals surface area contributed by atoms with Crippen LogP contribution in [0.5, 0.6) is 0 Å². The maximum Gasteiger partial charge on any atom is 0.117 e. The molecule has 2 rings (SSSR count). The first-order valence-corrected chi connectivity index (χ1v) is 6.81. The van der Waals surface area contributed by atoms with Crippen LogP contribution in [0.3, 0.4) is 0 Å². The first-order valence-electron chi connectivity index (χ1n) is 6.81. The molecule has 4 nitrogen and oxygen atoms in total. The van der Waals surface area contributed by atoms with Gasteiger partial charge in [-0.1, -0.05) is 0 Å². The van der Waals surface area contributed by atoms with Crippen LogP contribution in [0.15, 0.2) is 22.8 Å². The molecular formula is C15H25NO3. The van der Waals surface area contributed by atoms with Gasteiger partial charge < -0.3 is 14.3 Å². The molecule has 0 bridgehead atoms. The average Bonchev–Trinajstić information content (AvgIpc) is 2.80. The molecule has 1 saturated heterocycles. The Kier molecular flexibility index (Phi) is 3.78. The van der Waals surface area contributed by atoms with Crippen molar-refractivity contribution < 1.29 is 14.3 Å². The maximum atomic E-state index is 10.5. The summed E-state index contributed by atoms with van der Waals surface area (Å²) in [5.41, 5.74) is -0.806. The van der Waals surface area contributed by atoms with E-state index in [-0.39, 0.29) is 11.5 Å². The molecular weight excluding hydrogens is 242 g/mol. The summed E-state index contributed by atoms with van der Waals surface area (Å²) in [7, 11) is 2.04. The van der Waals surface area contributed by atoms with E-state index >= 15 is 0 Å². The largest absolute Gasteiger partial charge is 0.468 e. The lowest BCUT2D eigenvalue weighted by molar-refractivity contribution is -0.0913. The number of aliphatic hydroxyl groups is 1.